The summed E-state index contributed by atoms with van der Waals surface area (Å²) in [6.45, 7) is 6.66. The van der Waals surface area contributed by atoms with E-state index in [0.29, 0.717) is 37.6 Å². The molecule has 9 nitrogen and oxygen atoms in total. The maximum absolute atomic E-state index is 13.0. The minimum atomic E-state index is -0.335. The Bertz CT molecular complexity index is 894. The molecule has 0 aliphatic carbocycles. The second kappa shape index (κ2) is 9.45. The lowest BCUT2D eigenvalue weighted by molar-refractivity contribution is -0.130. The third kappa shape index (κ3) is 5.03. The first-order valence-electron chi connectivity index (χ1n) is 11.1. The fourth-order valence-electron chi connectivity index (χ4n) is 4.36. The molecule has 2 atom stereocenters. The van der Waals surface area contributed by atoms with Gasteiger partial charge >= 0.3 is 0 Å². The molecule has 0 saturated carbocycles. The van der Waals surface area contributed by atoms with E-state index in [0.717, 1.165) is 31.6 Å². The second-order valence-corrected chi connectivity index (χ2v) is 8.63. The molecule has 2 saturated heterocycles. The summed E-state index contributed by atoms with van der Waals surface area (Å²) in [5.41, 5.74) is 0.825. The van der Waals surface area contributed by atoms with E-state index in [1.807, 2.05) is 19.9 Å². The normalized spacial score (nSPS) is 21.1. The van der Waals surface area contributed by atoms with E-state index in [2.05, 4.69) is 20.4 Å². The van der Waals surface area contributed by atoms with Crippen LogP contribution in [0.25, 0.3) is 0 Å². The number of amides is 2. The highest BCUT2D eigenvalue weighted by Gasteiger charge is 2.41. The smallest absolute Gasteiger partial charge is 0.225 e. The maximum atomic E-state index is 13.0. The molecule has 4 heterocycles. The predicted molar refractivity (Wildman–Crippen MR) is 114 cm³/mol. The minimum absolute atomic E-state index is 0.00932. The molecule has 2 aromatic rings. The highest BCUT2D eigenvalue weighted by Crippen LogP contribution is 2.33. The third-order valence-electron chi connectivity index (χ3n) is 5.95. The van der Waals surface area contributed by atoms with Crippen molar-refractivity contribution in [2.45, 2.75) is 51.5 Å². The molecule has 166 valence electrons. The number of hydrogen-bond donors (Lipinski definition) is 1. The summed E-state index contributed by atoms with van der Waals surface area (Å²) < 4.78 is 5.10. The average Bonchev–Trinajstić information content (AvgIpc) is 3.53. The summed E-state index contributed by atoms with van der Waals surface area (Å²) in [5.74, 6) is 0.884. The zero-order chi connectivity index (χ0) is 21.8. The van der Waals surface area contributed by atoms with Crippen LogP contribution in [0.3, 0.4) is 0 Å². The van der Waals surface area contributed by atoms with Gasteiger partial charge in [0.15, 0.2) is 0 Å². The second-order valence-electron chi connectivity index (χ2n) is 8.63. The first kappa shape index (κ1) is 21.3. The summed E-state index contributed by atoms with van der Waals surface area (Å²) in [7, 11) is 0. The topological polar surface area (TPSA) is 104 Å². The van der Waals surface area contributed by atoms with Gasteiger partial charge in [0.1, 0.15) is 5.76 Å². The maximum Gasteiger partial charge on any atom is 0.225 e. The lowest BCUT2D eigenvalue weighted by Crippen LogP contribution is -2.39. The molecular weight excluding hydrogens is 396 g/mol. The summed E-state index contributed by atoms with van der Waals surface area (Å²) in [6, 6.07) is 3.68. The Balaban J connectivity index is 1.51. The highest BCUT2D eigenvalue weighted by molar-refractivity contribution is 5.83. The van der Waals surface area contributed by atoms with Crippen LogP contribution in [0.1, 0.15) is 50.5 Å². The highest BCUT2D eigenvalue weighted by atomic mass is 16.5. The van der Waals surface area contributed by atoms with Gasteiger partial charge in [-0.25, -0.2) is 9.97 Å². The lowest BCUT2D eigenvalue weighted by atomic mass is 9.91. The SMILES string of the molecule is CC(C)NC(=O)[C@H]1CN(C(=O)CCc2ccno2)C[C@@H]1c1ccnc(N2CCCC2)n1. The number of carbonyl (C=O) groups excluding carboxylic acids is 2. The molecule has 4 rings (SSSR count). The lowest BCUT2D eigenvalue weighted by Gasteiger charge is -2.21. The standard InChI is InChI=1S/C22H30N6O3/c1-15(2)25-21(30)18-14-28(20(29)6-5-16-7-10-24-31-16)13-17(18)19-8-9-23-22(26-19)27-11-3-4-12-27/h7-10,15,17-18H,3-6,11-14H2,1-2H3,(H,25,30)/t17-,18-/m0/s1. The molecule has 0 spiro atoms. The van der Waals surface area contributed by atoms with Crippen LogP contribution in [-0.2, 0) is 16.0 Å². The zero-order valence-corrected chi connectivity index (χ0v) is 18.2. The van der Waals surface area contributed by atoms with Gasteiger partial charge in [0.05, 0.1) is 17.8 Å². The van der Waals surface area contributed by atoms with Crippen molar-refractivity contribution in [2.24, 2.45) is 5.92 Å². The van der Waals surface area contributed by atoms with E-state index in [9.17, 15) is 9.59 Å². The van der Waals surface area contributed by atoms with E-state index in [-0.39, 0.29) is 29.7 Å². The molecule has 0 bridgehead atoms. The molecule has 0 aromatic carbocycles. The molecule has 9 heteroatoms. The van der Waals surface area contributed by atoms with Crippen LogP contribution in [0, 0.1) is 5.92 Å². The molecular formula is C22H30N6O3. The Hall–Kier alpha value is -2.97. The summed E-state index contributed by atoms with van der Waals surface area (Å²) in [4.78, 5) is 39.0. The molecule has 2 aliphatic rings. The monoisotopic (exact) mass is 426 g/mol. The number of anilines is 1. The van der Waals surface area contributed by atoms with Crippen LogP contribution in [0.5, 0.6) is 0 Å². The van der Waals surface area contributed by atoms with Gasteiger partial charge in [0.25, 0.3) is 0 Å². The predicted octanol–water partition coefficient (Wildman–Crippen LogP) is 1.76. The first-order chi connectivity index (χ1) is 15.0. The van der Waals surface area contributed by atoms with E-state index in [1.165, 1.54) is 0 Å². The number of carbonyl (C=O) groups is 2. The van der Waals surface area contributed by atoms with Gasteiger partial charge in [-0.3, -0.25) is 9.59 Å². The number of hydrogen-bond acceptors (Lipinski definition) is 7. The van der Waals surface area contributed by atoms with Gasteiger partial charge in [-0.05, 0) is 32.8 Å². The minimum Gasteiger partial charge on any atom is -0.361 e. The fourth-order valence-corrected chi connectivity index (χ4v) is 4.36. The summed E-state index contributed by atoms with van der Waals surface area (Å²) in [6.07, 6.45) is 6.44. The quantitative estimate of drug-likeness (QED) is 0.719. The number of likely N-dealkylation sites (tertiary alicyclic amines) is 1. The Kier molecular flexibility index (Phi) is 6.48. The number of aryl methyl sites for hydroxylation is 1. The van der Waals surface area contributed by atoms with Crippen molar-refractivity contribution < 1.29 is 14.1 Å². The van der Waals surface area contributed by atoms with Crippen LogP contribution >= 0.6 is 0 Å². The molecule has 2 aromatic heterocycles. The van der Waals surface area contributed by atoms with Gasteiger partial charge in [-0.1, -0.05) is 5.16 Å². The van der Waals surface area contributed by atoms with E-state index >= 15 is 0 Å². The molecule has 2 amide bonds. The van der Waals surface area contributed by atoms with Crippen molar-refractivity contribution >= 4 is 17.8 Å². The van der Waals surface area contributed by atoms with E-state index in [4.69, 9.17) is 9.51 Å². The van der Waals surface area contributed by atoms with Gasteiger partial charge in [-0.2, -0.15) is 0 Å². The van der Waals surface area contributed by atoms with Gasteiger partial charge in [0, 0.05) is 63.2 Å². The zero-order valence-electron chi connectivity index (χ0n) is 18.2. The van der Waals surface area contributed by atoms with Crippen molar-refractivity contribution in [3.63, 3.8) is 0 Å². The summed E-state index contributed by atoms with van der Waals surface area (Å²) in [5, 5.41) is 6.70. The van der Waals surface area contributed by atoms with Crippen LogP contribution in [-0.4, -0.2) is 64.1 Å². The third-order valence-corrected chi connectivity index (χ3v) is 5.95. The molecule has 2 fully saturated rings. The Morgan fingerprint density at radius 3 is 2.71 bits per heavy atom. The van der Waals surface area contributed by atoms with Crippen LogP contribution in [0.2, 0.25) is 0 Å². The van der Waals surface area contributed by atoms with Gasteiger partial charge in [-0.15, -0.1) is 0 Å². The molecule has 31 heavy (non-hydrogen) atoms. The summed E-state index contributed by atoms with van der Waals surface area (Å²) >= 11 is 0. The van der Waals surface area contributed by atoms with Crippen molar-refractivity contribution in [3.05, 3.63) is 36.0 Å². The van der Waals surface area contributed by atoms with Crippen LogP contribution in [0.4, 0.5) is 5.95 Å². The number of nitrogens with one attached hydrogen (secondary N) is 1. The van der Waals surface area contributed by atoms with Crippen molar-refractivity contribution in [1.82, 2.24) is 25.3 Å². The molecule has 2 aliphatic heterocycles. The number of aromatic nitrogens is 3. The van der Waals surface area contributed by atoms with Crippen LogP contribution < -0.4 is 10.2 Å². The molecule has 0 radical (unpaired) electrons. The largest absolute Gasteiger partial charge is 0.361 e. The van der Waals surface area contributed by atoms with Crippen molar-refractivity contribution in [2.75, 3.05) is 31.1 Å². The fraction of sp³-hybridized carbons (Fsp3) is 0.591. The molecule has 1 N–H and O–H groups in total. The number of rotatable bonds is 7. The average molecular weight is 427 g/mol. The van der Waals surface area contributed by atoms with E-state index in [1.54, 1.807) is 23.4 Å². The Morgan fingerprint density at radius 2 is 2.00 bits per heavy atom. The van der Waals surface area contributed by atoms with Crippen molar-refractivity contribution in [1.29, 1.82) is 0 Å². The first-order valence-corrected chi connectivity index (χ1v) is 11.1. The van der Waals surface area contributed by atoms with Crippen molar-refractivity contribution in [3.8, 4) is 0 Å². The van der Waals surface area contributed by atoms with E-state index < -0.39 is 0 Å². The van der Waals surface area contributed by atoms with Gasteiger partial charge < -0.3 is 19.6 Å². The van der Waals surface area contributed by atoms with Gasteiger partial charge in [0.2, 0.25) is 17.8 Å². The molecule has 0 unspecified atom stereocenters. The Morgan fingerprint density at radius 1 is 1.19 bits per heavy atom. The number of nitrogens with zero attached hydrogens (tertiary/aromatic N) is 5. The Labute approximate surface area is 182 Å². The van der Waals surface area contributed by atoms with Crippen LogP contribution in [0.15, 0.2) is 29.0 Å².